The standard InChI is InChI=1S/C19H25N3O3S/c1-13-3-2-4-16-18(13)21-19(20-16)15-5-8-22(9-6-15)17(23)11-14-7-10-26(24,25)12-14/h2-4,14-15H,5-12H2,1H3,(H,20,21)/t14-/m1/s1. The van der Waals surface area contributed by atoms with Gasteiger partial charge in [-0.3, -0.25) is 4.79 Å². The van der Waals surface area contributed by atoms with Crippen molar-refractivity contribution >= 4 is 26.8 Å². The van der Waals surface area contributed by atoms with Gasteiger partial charge in [0.05, 0.1) is 22.5 Å². The fourth-order valence-corrected chi connectivity index (χ4v) is 6.06. The molecule has 3 heterocycles. The van der Waals surface area contributed by atoms with E-state index in [0.717, 1.165) is 42.8 Å². The predicted molar refractivity (Wildman–Crippen MR) is 101 cm³/mol. The van der Waals surface area contributed by atoms with Crippen molar-refractivity contribution in [2.24, 2.45) is 5.92 Å². The van der Waals surface area contributed by atoms with Crippen LogP contribution in [0.1, 0.15) is 43.0 Å². The molecule has 26 heavy (non-hydrogen) atoms. The summed E-state index contributed by atoms with van der Waals surface area (Å²) in [5.74, 6) is 1.88. The Morgan fingerprint density at radius 3 is 2.69 bits per heavy atom. The minimum absolute atomic E-state index is 0.00331. The van der Waals surface area contributed by atoms with Gasteiger partial charge in [-0.05, 0) is 43.7 Å². The van der Waals surface area contributed by atoms with Crippen molar-refractivity contribution < 1.29 is 13.2 Å². The van der Waals surface area contributed by atoms with Gasteiger partial charge in [0.25, 0.3) is 0 Å². The van der Waals surface area contributed by atoms with Crippen molar-refractivity contribution in [1.82, 2.24) is 14.9 Å². The van der Waals surface area contributed by atoms with Crippen LogP contribution in [0.15, 0.2) is 18.2 Å². The maximum Gasteiger partial charge on any atom is 0.222 e. The number of fused-ring (bicyclic) bond motifs is 1. The molecule has 0 aliphatic carbocycles. The Balaban J connectivity index is 1.36. The zero-order chi connectivity index (χ0) is 18.3. The van der Waals surface area contributed by atoms with Gasteiger partial charge < -0.3 is 9.88 Å². The number of piperidine rings is 1. The van der Waals surface area contributed by atoms with Crippen LogP contribution >= 0.6 is 0 Å². The zero-order valence-electron chi connectivity index (χ0n) is 15.1. The molecule has 0 spiro atoms. The number of aromatic amines is 1. The molecule has 2 fully saturated rings. The molecule has 2 saturated heterocycles. The number of carbonyl (C=O) groups is 1. The summed E-state index contributed by atoms with van der Waals surface area (Å²) >= 11 is 0. The smallest absolute Gasteiger partial charge is 0.222 e. The van der Waals surface area contributed by atoms with Gasteiger partial charge in [0.1, 0.15) is 5.82 Å². The molecule has 0 radical (unpaired) electrons. The Hall–Kier alpha value is -1.89. The van der Waals surface area contributed by atoms with E-state index in [9.17, 15) is 13.2 Å². The maximum atomic E-state index is 12.5. The number of H-pyrrole nitrogens is 1. The molecule has 2 aliphatic rings. The number of aryl methyl sites for hydroxylation is 1. The molecule has 1 aromatic heterocycles. The number of para-hydroxylation sites is 1. The fraction of sp³-hybridized carbons (Fsp3) is 0.579. The van der Waals surface area contributed by atoms with Crippen LogP contribution in [0.5, 0.6) is 0 Å². The van der Waals surface area contributed by atoms with Gasteiger partial charge in [0, 0.05) is 25.4 Å². The van der Waals surface area contributed by atoms with Gasteiger partial charge in [0.2, 0.25) is 5.91 Å². The number of benzene rings is 1. The number of likely N-dealkylation sites (tertiary alicyclic amines) is 1. The molecule has 1 aromatic carbocycles. The van der Waals surface area contributed by atoms with Gasteiger partial charge in [-0.1, -0.05) is 12.1 Å². The van der Waals surface area contributed by atoms with Crippen LogP contribution in [0.3, 0.4) is 0 Å². The Bertz CT molecular complexity index is 927. The second-order valence-electron chi connectivity index (χ2n) is 7.72. The van der Waals surface area contributed by atoms with Crippen LogP contribution in [0.4, 0.5) is 0 Å². The minimum atomic E-state index is -2.92. The van der Waals surface area contributed by atoms with Crippen LogP contribution in [-0.2, 0) is 14.6 Å². The van der Waals surface area contributed by atoms with Crippen molar-refractivity contribution in [2.75, 3.05) is 24.6 Å². The molecule has 6 nitrogen and oxygen atoms in total. The van der Waals surface area contributed by atoms with Crippen LogP contribution in [0.25, 0.3) is 11.0 Å². The molecule has 1 N–H and O–H groups in total. The summed E-state index contributed by atoms with van der Waals surface area (Å²) in [6.07, 6.45) is 2.79. The van der Waals surface area contributed by atoms with Gasteiger partial charge in [0.15, 0.2) is 9.84 Å². The number of hydrogen-bond acceptors (Lipinski definition) is 4. The third kappa shape index (κ3) is 3.49. The zero-order valence-corrected chi connectivity index (χ0v) is 15.9. The molecule has 4 rings (SSSR count). The fourth-order valence-electron chi connectivity index (χ4n) is 4.20. The number of carbonyl (C=O) groups excluding carboxylic acids is 1. The highest BCUT2D eigenvalue weighted by Gasteiger charge is 2.32. The van der Waals surface area contributed by atoms with E-state index in [1.165, 1.54) is 5.56 Å². The number of amides is 1. The van der Waals surface area contributed by atoms with E-state index in [1.807, 2.05) is 17.0 Å². The van der Waals surface area contributed by atoms with Gasteiger partial charge in [-0.25, -0.2) is 13.4 Å². The molecule has 1 amide bonds. The maximum absolute atomic E-state index is 12.5. The number of nitrogens with one attached hydrogen (secondary N) is 1. The van der Waals surface area contributed by atoms with Crippen LogP contribution in [0, 0.1) is 12.8 Å². The van der Waals surface area contributed by atoms with Crippen LogP contribution in [-0.4, -0.2) is 53.8 Å². The lowest BCUT2D eigenvalue weighted by Gasteiger charge is -2.31. The molecule has 2 aliphatic heterocycles. The van der Waals surface area contributed by atoms with Gasteiger partial charge in [-0.2, -0.15) is 0 Å². The number of aromatic nitrogens is 2. The van der Waals surface area contributed by atoms with Crippen molar-refractivity contribution in [1.29, 1.82) is 0 Å². The quantitative estimate of drug-likeness (QED) is 0.893. The molecular formula is C19H25N3O3S. The third-order valence-electron chi connectivity index (χ3n) is 5.76. The molecule has 140 valence electrons. The van der Waals surface area contributed by atoms with E-state index in [4.69, 9.17) is 4.98 Å². The molecule has 2 aromatic rings. The Morgan fingerprint density at radius 2 is 2.04 bits per heavy atom. The summed E-state index contributed by atoms with van der Waals surface area (Å²) in [5, 5.41) is 0. The van der Waals surface area contributed by atoms with Crippen molar-refractivity contribution in [3.8, 4) is 0 Å². The number of imidazole rings is 1. The molecule has 0 bridgehead atoms. The number of sulfone groups is 1. The summed E-state index contributed by atoms with van der Waals surface area (Å²) in [6.45, 7) is 3.51. The Kier molecular flexibility index (Phi) is 4.50. The highest BCUT2D eigenvalue weighted by Crippen LogP contribution is 2.30. The van der Waals surface area contributed by atoms with E-state index < -0.39 is 9.84 Å². The van der Waals surface area contributed by atoms with E-state index in [-0.39, 0.29) is 23.3 Å². The molecule has 0 unspecified atom stereocenters. The number of rotatable bonds is 3. The normalized spacial score (nSPS) is 23.6. The first-order valence-electron chi connectivity index (χ1n) is 9.35. The molecular weight excluding hydrogens is 350 g/mol. The van der Waals surface area contributed by atoms with Crippen molar-refractivity contribution in [2.45, 2.75) is 38.5 Å². The summed E-state index contributed by atoms with van der Waals surface area (Å²) in [5.41, 5.74) is 3.27. The van der Waals surface area contributed by atoms with Gasteiger partial charge in [-0.15, -0.1) is 0 Å². The third-order valence-corrected chi connectivity index (χ3v) is 7.59. The summed E-state index contributed by atoms with van der Waals surface area (Å²) < 4.78 is 23.1. The lowest BCUT2D eigenvalue weighted by atomic mass is 9.95. The summed E-state index contributed by atoms with van der Waals surface area (Å²) in [4.78, 5) is 22.6. The highest BCUT2D eigenvalue weighted by molar-refractivity contribution is 7.91. The van der Waals surface area contributed by atoms with E-state index >= 15 is 0 Å². The first-order chi connectivity index (χ1) is 12.4. The molecule has 7 heteroatoms. The molecule has 1 atom stereocenters. The lowest BCUT2D eigenvalue weighted by Crippen LogP contribution is -2.39. The predicted octanol–water partition coefficient (Wildman–Crippen LogP) is 2.40. The molecule has 0 saturated carbocycles. The largest absolute Gasteiger partial charge is 0.343 e. The monoisotopic (exact) mass is 375 g/mol. The van der Waals surface area contributed by atoms with E-state index in [0.29, 0.717) is 18.8 Å². The highest BCUT2D eigenvalue weighted by atomic mass is 32.2. The SMILES string of the molecule is Cc1cccc2[nH]c(C3CCN(C(=O)C[C@H]4CCS(=O)(=O)C4)CC3)nc12. The van der Waals surface area contributed by atoms with Crippen LogP contribution in [0.2, 0.25) is 0 Å². The lowest BCUT2D eigenvalue weighted by molar-refractivity contribution is -0.133. The first kappa shape index (κ1) is 17.5. The van der Waals surface area contributed by atoms with Crippen molar-refractivity contribution in [3.05, 3.63) is 29.6 Å². The number of hydrogen-bond donors (Lipinski definition) is 1. The summed E-state index contributed by atoms with van der Waals surface area (Å²) in [7, 11) is -2.92. The minimum Gasteiger partial charge on any atom is -0.343 e. The first-order valence-corrected chi connectivity index (χ1v) is 11.2. The van der Waals surface area contributed by atoms with E-state index in [2.05, 4.69) is 18.0 Å². The number of nitrogens with zero attached hydrogens (tertiary/aromatic N) is 2. The average molecular weight is 375 g/mol. The topological polar surface area (TPSA) is 83.1 Å². The second kappa shape index (κ2) is 6.68. The van der Waals surface area contributed by atoms with E-state index in [1.54, 1.807) is 0 Å². The van der Waals surface area contributed by atoms with Crippen LogP contribution < -0.4 is 0 Å². The van der Waals surface area contributed by atoms with Crippen molar-refractivity contribution in [3.63, 3.8) is 0 Å². The summed E-state index contributed by atoms with van der Waals surface area (Å²) in [6, 6.07) is 6.15. The van der Waals surface area contributed by atoms with Gasteiger partial charge >= 0.3 is 0 Å². The Morgan fingerprint density at radius 1 is 1.27 bits per heavy atom. The Labute approximate surface area is 153 Å². The average Bonchev–Trinajstić information content (AvgIpc) is 3.19. The second-order valence-corrected chi connectivity index (χ2v) is 9.95.